The first-order valence-corrected chi connectivity index (χ1v) is 6.61. The van der Waals surface area contributed by atoms with E-state index in [9.17, 15) is 8.42 Å². The Kier molecular flexibility index (Phi) is 2.70. The Morgan fingerprint density at radius 1 is 1.40 bits per heavy atom. The maximum atomic E-state index is 11.3. The van der Waals surface area contributed by atoms with Crippen LogP contribution >= 0.6 is 0 Å². The number of hydrogen-bond acceptors (Lipinski definition) is 5. The zero-order valence-electron chi connectivity index (χ0n) is 8.20. The molecule has 1 saturated heterocycles. The fourth-order valence-corrected chi connectivity index (χ4v) is 3.72. The van der Waals surface area contributed by atoms with Crippen molar-refractivity contribution < 1.29 is 8.42 Å². The van der Waals surface area contributed by atoms with Crippen molar-refractivity contribution in [2.24, 2.45) is 11.7 Å². The lowest BCUT2D eigenvalue weighted by Gasteiger charge is -2.16. The van der Waals surface area contributed by atoms with E-state index < -0.39 is 9.84 Å². The average molecular weight is 227 g/mol. The van der Waals surface area contributed by atoms with E-state index in [4.69, 9.17) is 5.73 Å². The Labute approximate surface area is 88.7 Å². The van der Waals surface area contributed by atoms with E-state index in [1.807, 2.05) is 0 Å². The molecule has 0 aromatic carbocycles. The first-order chi connectivity index (χ1) is 7.08. The van der Waals surface area contributed by atoms with E-state index >= 15 is 0 Å². The van der Waals surface area contributed by atoms with Crippen LogP contribution in [0.1, 0.15) is 18.0 Å². The normalized spacial score (nSPS) is 26.3. The van der Waals surface area contributed by atoms with Gasteiger partial charge in [0.1, 0.15) is 6.33 Å². The van der Waals surface area contributed by atoms with Gasteiger partial charge < -0.3 is 5.73 Å². The van der Waals surface area contributed by atoms with Crippen LogP contribution < -0.4 is 5.73 Å². The van der Waals surface area contributed by atoms with Crippen molar-refractivity contribution >= 4 is 9.84 Å². The zero-order valence-corrected chi connectivity index (χ0v) is 9.02. The highest BCUT2D eigenvalue weighted by atomic mass is 32.2. The largest absolute Gasteiger partial charge is 0.324 e. The Morgan fingerprint density at radius 2 is 2.07 bits per heavy atom. The fourth-order valence-electron chi connectivity index (χ4n) is 1.86. The number of rotatable bonds is 2. The lowest BCUT2D eigenvalue weighted by molar-refractivity contribution is 0.477. The average Bonchev–Trinajstić information content (AvgIpc) is 2.59. The Hall–Kier alpha value is -1.01. The number of nitrogens with two attached hydrogens (primary N) is 1. The van der Waals surface area contributed by atoms with Gasteiger partial charge >= 0.3 is 0 Å². The summed E-state index contributed by atoms with van der Waals surface area (Å²) in [5.74, 6) is 0.434. The Morgan fingerprint density at radius 3 is 2.60 bits per heavy atom. The molecule has 0 bridgehead atoms. The maximum Gasteiger partial charge on any atom is 0.150 e. The number of sulfone groups is 1. The van der Waals surface area contributed by atoms with Gasteiger partial charge in [0.2, 0.25) is 0 Å². The molecule has 2 unspecified atom stereocenters. The molecule has 2 N–H and O–H groups in total. The van der Waals surface area contributed by atoms with Gasteiger partial charge in [-0.2, -0.15) is 0 Å². The van der Waals surface area contributed by atoms with Crippen molar-refractivity contribution in [1.82, 2.24) is 9.97 Å². The standard InChI is InChI=1S/C9H13N3O2S/c10-9(8-3-11-6-12-4-8)7-1-2-15(13,14)5-7/h3-4,6-7,9H,1-2,5,10H2. The molecule has 0 spiro atoms. The zero-order chi connectivity index (χ0) is 10.9. The van der Waals surface area contributed by atoms with Crippen molar-refractivity contribution in [3.8, 4) is 0 Å². The second kappa shape index (κ2) is 3.86. The monoisotopic (exact) mass is 227 g/mol. The molecule has 1 fully saturated rings. The lowest BCUT2D eigenvalue weighted by atomic mass is 9.95. The van der Waals surface area contributed by atoms with Gasteiger partial charge in [-0.3, -0.25) is 0 Å². The first-order valence-electron chi connectivity index (χ1n) is 4.79. The fraction of sp³-hybridized carbons (Fsp3) is 0.556. The van der Waals surface area contributed by atoms with Crippen LogP contribution in [0.15, 0.2) is 18.7 Å². The van der Waals surface area contributed by atoms with E-state index in [-0.39, 0.29) is 23.5 Å². The molecule has 6 heteroatoms. The molecule has 0 saturated carbocycles. The molecule has 15 heavy (non-hydrogen) atoms. The second-order valence-electron chi connectivity index (χ2n) is 3.86. The molecule has 2 heterocycles. The summed E-state index contributed by atoms with van der Waals surface area (Å²) in [5.41, 5.74) is 6.78. The van der Waals surface area contributed by atoms with Crippen LogP contribution in [-0.2, 0) is 9.84 Å². The summed E-state index contributed by atoms with van der Waals surface area (Å²) in [4.78, 5) is 7.75. The van der Waals surface area contributed by atoms with Gasteiger partial charge in [-0.25, -0.2) is 18.4 Å². The number of hydrogen-bond donors (Lipinski definition) is 1. The summed E-state index contributed by atoms with van der Waals surface area (Å²) in [5, 5.41) is 0. The quantitative estimate of drug-likeness (QED) is 0.763. The minimum Gasteiger partial charge on any atom is -0.324 e. The smallest absolute Gasteiger partial charge is 0.150 e. The molecule has 2 rings (SSSR count). The van der Waals surface area contributed by atoms with E-state index in [0.29, 0.717) is 6.42 Å². The Balaban J connectivity index is 2.14. The van der Waals surface area contributed by atoms with Crippen LogP contribution in [-0.4, -0.2) is 29.9 Å². The molecule has 5 nitrogen and oxygen atoms in total. The predicted molar refractivity (Wildman–Crippen MR) is 55.7 cm³/mol. The van der Waals surface area contributed by atoms with Crippen LogP contribution in [0.3, 0.4) is 0 Å². The van der Waals surface area contributed by atoms with Gasteiger partial charge in [-0.15, -0.1) is 0 Å². The highest BCUT2D eigenvalue weighted by Crippen LogP contribution is 2.28. The molecule has 0 radical (unpaired) electrons. The van der Waals surface area contributed by atoms with Gasteiger partial charge in [0.15, 0.2) is 9.84 Å². The molecule has 1 aromatic rings. The molecule has 1 aromatic heterocycles. The van der Waals surface area contributed by atoms with E-state index in [2.05, 4.69) is 9.97 Å². The van der Waals surface area contributed by atoms with Crippen LogP contribution in [0.2, 0.25) is 0 Å². The van der Waals surface area contributed by atoms with E-state index in [0.717, 1.165) is 5.56 Å². The third kappa shape index (κ3) is 2.32. The number of aromatic nitrogens is 2. The summed E-state index contributed by atoms with van der Waals surface area (Å²) in [6.07, 6.45) is 5.35. The molecule has 82 valence electrons. The second-order valence-corrected chi connectivity index (χ2v) is 6.09. The third-order valence-electron chi connectivity index (χ3n) is 2.74. The van der Waals surface area contributed by atoms with Gasteiger partial charge in [0.05, 0.1) is 11.5 Å². The minimum absolute atomic E-state index is 0.000926. The molecular weight excluding hydrogens is 214 g/mol. The van der Waals surface area contributed by atoms with Gasteiger partial charge in [0.25, 0.3) is 0 Å². The van der Waals surface area contributed by atoms with Crippen molar-refractivity contribution in [1.29, 1.82) is 0 Å². The summed E-state index contributed by atoms with van der Waals surface area (Å²) in [7, 11) is -2.87. The SMILES string of the molecule is NC(c1cncnc1)C1CCS(=O)(=O)C1. The van der Waals surface area contributed by atoms with Gasteiger partial charge in [-0.05, 0) is 12.3 Å². The van der Waals surface area contributed by atoms with Crippen LogP contribution in [0.5, 0.6) is 0 Å². The van der Waals surface area contributed by atoms with Crippen molar-refractivity contribution in [3.05, 3.63) is 24.3 Å². The molecule has 2 atom stereocenters. The molecular formula is C9H13N3O2S. The van der Waals surface area contributed by atoms with Gasteiger partial charge in [-0.1, -0.05) is 0 Å². The summed E-state index contributed by atoms with van der Waals surface area (Å²) in [6.45, 7) is 0. The molecule has 1 aliphatic heterocycles. The van der Waals surface area contributed by atoms with Crippen molar-refractivity contribution in [2.45, 2.75) is 12.5 Å². The van der Waals surface area contributed by atoms with Crippen molar-refractivity contribution in [2.75, 3.05) is 11.5 Å². The minimum atomic E-state index is -2.87. The van der Waals surface area contributed by atoms with Gasteiger partial charge in [0, 0.05) is 24.0 Å². The Bertz CT molecular complexity index is 432. The summed E-state index contributed by atoms with van der Waals surface area (Å²) < 4.78 is 22.6. The lowest BCUT2D eigenvalue weighted by Crippen LogP contribution is -2.22. The maximum absolute atomic E-state index is 11.3. The van der Waals surface area contributed by atoms with Crippen molar-refractivity contribution in [3.63, 3.8) is 0 Å². The first kappa shape index (κ1) is 10.5. The number of nitrogens with zero attached hydrogens (tertiary/aromatic N) is 2. The van der Waals surface area contributed by atoms with Crippen LogP contribution in [0.4, 0.5) is 0 Å². The summed E-state index contributed by atoms with van der Waals surface area (Å²) >= 11 is 0. The topological polar surface area (TPSA) is 85.9 Å². The molecule has 1 aliphatic rings. The summed E-state index contributed by atoms with van der Waals surface area (Å²) in [6, 6.07) is -0.275. The molecule has 0 amide bonds. The van der Waals surface area contributed by atoms with Crippen LogP contribution in [0.25, 0.3) is 0 Å². The highest BCUT2D eigenvalue weighted by molar-refractivity contribution is 7.91. The third-order valence-corrected chi connectivity index (χ3v) is 4.53. The van der Waals surface area contributed by atoms with E-state index in [1.165, 1.54) is 6.33 Å². The molecule has 0 aliphatic carbocycles. The van der Waals surface area contributed by atoms with Crippen LogP contribution in [0, 0.1) is 5.92 Å². The highest BCUT2D eigenvalue weighted by Gasteiger charge is 2.32. The predicted octanol–water partition coefficient (Wildman–Crippen LogP) is -0.0889. The van der Waals surface area contributed by atoms with E-state index in [1.54, 1.807) is 12.4 Å².